The molecule has 1 saturated carbocycles. The highest BCUT2D eigenvalue weighted by molar-refractivity contribution is 4.97. The van der Waals surface area contributed by atoms with E-state index in [2.05, 4.69) is 26.1 Å². The molecule has 0 spiro atoms. The summed E-state index contributed by atoms with van der Waals surface area (Å²) in [6, 6.07) is 0. The zero-order valence-corrected chi connectivity index (χ0v) is 9.27. The fourth-order valence-corrected chi connectivity index (χ4v) is 3.44. The summed E-state index contributed by atoms with van der Waals surface area (Å²) in [5.41, 5.74) is 0.569. The maximum absolute atomic E-state index is 3.63. The summed E-state index contributed by atoms with van der Waals surface area (Å²) in [5, 5.41) is 3.63. The van der Waals surface area contributed by atoms with E-state index in [1.54, 1.807) is 0 Å². The first kappa shape index (κ1) is 9.51. The van der Waals surface area contributed by atoms with Gasteiger partial charge in [0.05, 0.1) is 0 Å². The lowest BCUT2D eigenvalue weighted by molar-refractivity contribution is 0.0490. The van der Waals surface area contributed by atoms with Gasteiger partial charge in [0.15, 0.2) is 0 Å². The number of hydrogen-bond donors (Lipinski definition) is 1. The number of fused-ring (bicyclic) bond motifs is 1. The maximum atomic E-state index is 3.63. The minimum absolute atomic E-state index is 0.569. The van der Waals surface area contributed by atoms with Crippen LogP contribution in [0.4, 0.5) is 0 Å². The molecule has 3 unspecified atom stereocenters. The molecule has 2 rings (SSSR count). The van der Waals surface area contributed by atoms with Crippen molar-refractivity contribution in [2.24, 2.45) is 23.2 Å². The first-order chi connectivity index (χ1) is 6.14. The number of rotatable bonds is 1. The Balaban J connectivity index is 2.17. The van der Waals surface area contributed by atoms with E-state index < -0.39 is 0 Å². The molecular formula is C12H23N. The zero-order valence-electron chi connectivity index (χ0n) is 9.27. The molecule has 1 aliphatic carbocycles. The Kier molecular flexibility index (Phi) is 2.39. The Hall–Kier alpha value is -0.0400. The SMILES string of the molecule is CC(C)C1(C)CNCC2CCCC21. The summed E-state index contributed by atoms with van der Waals surface area (Å²) < 4.78 is 0. The van der Waals surface area contributed by atoms with Gasteiger partial charge in [0.2, 0.25) is 0 Å². The fraction of sp³-hybridized carbons (Fsp3) is 1.00. The molecule has 0 bridgehead atoms. The molecule has 1 heterocycles. The van der Waals surface area contributed by atoms with E-state index in [9.17, 15) is 0 Å². The molecule has 2 aliphatic rings. The van der Waals surface area contributed by atoms with Gasteiger partial charge in [-0.2, -0.15) is 0 Å². The van der Waals surface area contributed by atoms with E-state index in [-0.39, 0.29) is 0 Å². The Morgan fingerprint density at radius 3 is 2.77 bits per heavy atom. The summed E-state index contributed by atoms with van der Waals surface area (Å²) in [6.45, 7) is 9.80. The van der Waals surface area contributed by atoms with Crippen molar-refractivity contribution < 1.29 is 0 Å². The maximum Gasteiger partial charge on any atom is 0.00105 e. The molecule has 3 atom stereocenters. The van der Waals surface area contributed by atoms with E-state index in [1.165, 1.54) is 32.4 Å². The Labute approximate surface area is 82.3 Å². The van der Waals surface area contributed by atoms with E-state index in [1.807, 2.05) is 0 Å². The van der Waals surface area contributed by atoms with Crippen LogP contribution in [-0.2, 0) is 0 Å². The monoisotopic (exact) mass is 181 g/mol. The Bertz CT molecular complexity index is 188. The molecule has 2 fully saturated rings. The van der Waals surface area contributed by atoms with Gasteiger partial charge in [-0.15, -0.1) is 0 Å². The van der Waals surface area contributed by atoms with Crippen molar-refractivity contribution in [3.8, 4) is 0 Å². The van der Waals surface area contributed by atoms with E-state index in [4.69, 9.17) is 0 Å². The third-order valence-electron chi connectivity index (χ3n) is 4.74. The van der Waals surface area contributed by atoms with Gasteiger partial charge in [0.25, 0.3) is 0 Å². The van der Waals surface area contributed by atoms with Crippen LogP contribution < -0.4 is 5.32 Å². The first-order valence-corrected chi connectivity index (χ1v) is 5.85. The molecule has 1 aliphatic heterocycles. The lowest BCUT2D eigenvalue weighted by Gasteiger charge is -2.46. The van der Waals surface area contributed by atoms with Crippen molar-refractivity contribution in [1.29, 1.82) is 0 Å². The van der Waals surface area contributed by atoms with Gasteiger partial charge in [0.1, 0.15) is 0 Å². The lowest BCUT2D eigenvalue weighted by atomic mass is 9.63. The average Bonchev–Trinajstić information content (AvgIpc) is 2.53. The summed E-state index contributed by atoms with van der Waals surface area (Å²) >= 11 is 0. The van der Waals surface area contributed by atoms with Gasteiger partial charge < -0.3 is 5.32 Å². The molecule has 1 nitrogen and oxygen atoms in total. The topological polar surface area (TPSA) is 12.0 Å². The molecule has 1 N–H and O–H groups in total. The van der Waals surface area contributed by atoms with Gasteiger partial charge in [-0.05, 0) is 42.6 Å². The highest BCUT2D eigenvalue weighted by atomic mass is 14.9. The van der Waals surface area contributed by atoms with Crippen LogP contribution in [0.25, 0.3) is 0 Å². The van der Waals surface area contributed by atoms with E-state index in [0.717, 1.165) is 17.8 Å². The molecule has 1 heteroatoms. The van der Waals surface area contributed by atoms with Crippen LogP contribution in [0, 0.1) is 23.2 Å². The van der Waals surface area contributed by atoms with Crippen molar-refractivity contribution in [2.75, 3.05) is 13.1 Å². The van der Waals surface area contributed by atoms with Gasteiger partial charge in [-0.25, -0.2) is 0 Å². The summed E-state index contributed by atoms with van der Waals surface area (Å²) in [7, 11) is 0. The highest BCUT2D eigenvalue weighted by Gasteiger charge is 2.45. The van der Waals surface area contributed by atoms with Crippen molar-refractivity contribution in [3.05, 3.63) is 0 Å². The van der Waals surface area contributed by atoms with Crippen LogP contribution in [0.2, 0.25) is 0 Å². The molecule has 0 aromatic heterocycles. The highest BCUT2D eigenvalue weighted by Crippen LogP contribution is 2.49. The summed E-state index contributed by atoms with van der Waals surface area (Å²) in [4.78, 5) is 0. The van der Waals surface area contributed by atoms with Crippen molar-refractivity contribution >= 4 is 0 Å². The van der Waals surface area contributed by atoms with Gasteiger partial charge in [-0.1, -0.05) is 27.2 Å². The lowest BCUT2D eigenvalue weighted by Crippen LogP contribution is -2.50. The zero-order chi connectivity index (χ0) is 9.47. The molecule has 13 heavy (non-hydrogen) atoms. The van der Waals surface area contributed by atoms with Crippen molar-refractivity contribution in [3.63, 3.8) is 0 Å². The summed E-state index contributed by atoms with van der Waals surface area (Å²) in [5.74, 6) is 2.82. The predicted molar refractivity (Wildman–Crippen MR) is 56.6 cm³/mol. The molecule has 1 saturated heterocycles. The van der Waals surface area contributed by atoms with Crippen molar-refractivity contribution in [2.45, 2.75) is 40.0 Å². The van der Waals surface area contributed by atoms with Gasteiger partial charge in [-0.3, -0.25) is 0 Å². The van der Waals surface area contributed by atoms with Crippen LogP contribution >= 0.6 is 0 Å². The standard InChI is InChI=1S/C12H23N/c1-9(2)12(3)8-13-7-10-5-4-6-11(10)12/h9-11,13H,4-8H2,1-3H3. The van der Waals surface area contributed by atoms with Gasteiger partial charge >= 0.3 is 0 Å². The molecule has 0 aromatic carbocycles. The summed E-state index contributed by atoms with van der Waals surface area (Å²) in [6.07, 6.45) is 4.43. The van der Waals surface area contributed by atoms with Crippen LogP contribution in [0.5, 0.6) is 0 Å². The predicted octanol–water partition coefficient (Wildman–Crippen LogP) is 2.67. The van der Waals surface area contributed by atoms with Crippen LogP contribution in [0.1, 0.15) is 40.0 Å². The largest absolute Gasteiger partial charge is 0.316 e. The third kappa shape index (κ3) is 1.41. The quantitative estimate of drug-likeness (QED) is 0.656. The molecule has 0 aromatic rings. The van der Waals surface area contributed by atoms with Crippen LogP contribution in [0.15, 0.2) is 0 Å². The average molecular weight is 181 g/mol. The second-order valence-electron chi connectivity index (χ2n) is 5.59. The second kappa shape index (κ2) is 3.27. The number of hydrogen-bond acceptors (Lipinski definition) is 1. The minimum atomic E-state index is 0.569. The normalized spacial score (nSPS) is 45.2. The Morgan fingerprint density at radius 2 is 2.08 bits per heavy atom. The van der Waals surface area contributed by atoms with Crippen LogP contribution in [-0.4, -0.2) is 13.1 Å². The fourth-order valence-electron chi connectivity index (χ4n) is 3.44. The minimum Gasteiger partial charge on any atom is -0.316 e. The van der Waals surface area contributed by atoms with E-state index >= 15 is 0 Å². The molecular weight excluding hydrogens is 158 g/mol. The number of piperidine rings is 1. The molecule has 76 valence electrons. The van der Waals surface area contributed by atoms with Gasteiger partial charge in [0, 0.05) is 6.54 Å². The smallest absolute Gasteiger partial charge is 0.00105 e. The molecule has 0 amide bonds. The first-order valence-electron chi connectivity index (χ1n) is 5.85. The number of nitrogens with one attached hydrogen (secondary N) is 1. The second-order valence-corrected chi connectivity index (χ2v) is 5.59. The van der Waals surface area contributed by atoms with Crippen molar-refractivity contribution in [1.82, 2.24) is 5.32 Å². The molecule has 0 radical (unpaired) electrons. The third-order valence-corrected chi connectivity index (χ3v) is 4.74. The Morgan fingerprint density at radius 1 is 1.31 bits per heavy atom. The van der Waals surface area contributed by atoms with E-state index in [0.29, 0.717) is 5.41 Å². The van der Waals surface area contributed by atoms with Crippen LogP contribution in [0.3, 0.4) is 0 Å².